The quantitative estimate of drug-likeness (QED) is 0.457. The van der Waals surface area contributed by atoms with Gasteiger partial charge in [-0.15, -0.1) is 0 Å². The summed E-state index contributed by atoms with van der Waals surface area (Å²) in [6.45, 7) is 0. The van der Waals surface area contributed by atoms with Gasteiger partial charge in [-0.1, -0.05) is 0 Å². The zero-order valence-corrected chi connectivity index (χ0v) is 6.23. The molecule has 0 fully saturated rings. The second-order valence-corrected chi connectivity index (χ2v) is 2.82. The number of rotatable bonds is 1. The average Bonchev–Trinajstić information content (AvgIpc) is 1.35. The monoisotopic (exact) mass is 311 g/mol. The fraction of sp³-hybridized carbons (Fsp3) is 0. The molecule has 0 aliphatic rings. The molecule has 0 saturated heterocycles. The second kappa shape index (κ2) is 3.77. The first-order valence-electron chi connectivity index (χ1n) is 0.888. The van der Waals surface area contributed by atoms with Crippen LogP contribution in [0.2, 0.25) is 0 Å². The molecule has 0 atom stereocenters. The Balaban J connectivity index is 0. The predicted molar refractivity (Wildman–Crippen MR) is 18.2 cm³/mol. The van der Waals surface area contributed by atoms with Crippen LogP contribution in [0.4, 0.5) is 0 Å². The van der Waals surface area contributed by atoms with Gasteiger partial charge in [-0.3, -0.25) is 0 Å². The van der Waals surface area contributed by atoms with Crippen molar-refractivity contribution >= 4 is 7.82 Å². The van der Waals surface area contributed by atoms with Crippen LogP contribution >= 0.6 is 7.82 Å². The van der Waals surface area contributed by atoms with E-state index in [4.69, 9.17) is 9.79 Å². The van der Waals surface area contributed by atoms with Crippen molar-refractivity contribution in [1.29, 1.82) is 0 Å². The fourth-order valence-corrected chi connectivity index (χ4v) is 0. The molecule has 50 valence electrons. The van der Waals surface area contributed by atoms with E-state index >= 15 is 0 Å². The molecule has 0 aromatic carbocycles. The van der Waals surface area contributed by atoms with Crippen LogP contribution in [0.25, 0.3) is 0 Å². The van der Waals surface area contributed by atoms with Crippen molar-refractivity contribution in [3.8, 4) is 0 Å². The minimum absolute atomic E-state index is 0. The summed E-state index contributed by atoms with van der Waals surface area (Å²) in [5.41, 5.74) is 0. The van der Waals surface area contributed by atoms with Crippen molar-refractivity contribution in [3.63, 3.8) is 0 Å². The summed E-state index contributed by atoms with van der Waals surface area (Å²) in [5.74, 6) is 0. The SMILES string of the molecule is N.O=P(O)(O)[O][Au]. The van der Waals surface area contributed by atoms with E-state index in [0.717, 1.165) is 0 Å². The van der Waals surface area contributed by atoms with Gasteiger partial charge in [-0.25, -0.2) is 0 Å². The Morgan fingerprint density at radius 3 is 1.71 bits per heavy atom. The minimum atomic E-state index is -4.17. The fourth-order valence-electron chi connectivity index (χ4n) is 0. The Labute approximate surface area is 53.3 Å². The molecule has 5 nitrogen and oxygen atoms in total. The maximum atomic E-state index is 9.46. The summed E-state index contributed by atoms with van der Waals surface area (Å²) in [6.07, 6.45) is 0. The molecule has 0 saturated carbocycles. The molecule has 0 aliphatic carbocycles. The standard InChI is InChI=1S/Au.H3N.H3O4P/c;;1-5(2,3)4/h;1H3;(H3,1,2,3,4)/q+1;;/p-1. The molecule has 0 heterocycles. The number of hydrogen-bond donors (Lipinski definition) is 3. The van der Waals surface area contributed by atoms with E-state index in [-0.39, 0.29) is 6.15 Å². The normalized spacial score (nSPS) is 10.3. The topological polar surface area (TPSA) is 102 Å². The zero-order valence-electron chi connectivity index (χ0n) is 3.17. The number of phosphoric acid groups is 1. The molecule has 5 N–H and O–H groups in total. The van der Waals surface area contributed by atoms with Crippen LogP contribution < -0.4 is 6.15 Å². The molecule has 0 unspecified atom stereocenters. The Bertz CT molecular complexity index is 75.8. The van der Waals surface area contributed by atoms with Gasteiger partial charge in [0.25, 0.3) is 0 Å². The average molecular weight is 311 g/mol. The first-order valence-corrected chi connectivity index (χ1v) is 3.30. The van der Waals surface area contributed by atoms with E-state index in [1.165, 1.54) is 21.5 Å². The van der Waals surface area contributed by atoms with Crippen LogP contribution in [0.1, 0.15) is 0 Å². The van der Waals surface area contributed by atoms with Gasteiger partial charge in [0.15, 0.2) is 0 Å². The molecule has 0 aliphatic heterocycles. The van der Waals surface area contributed by atoms with Gasteiger partial charge in [0.2, 0.25) is 0 Å². The van der Waals surface area contributed by atoms with Crippen LogP contribution in [0.3, 0.4) is 0 Å². The molecule has 0 spiro atoms. The molecule has 0 aromatic rings. The van der Waals surface area contributed by atoms with Gasteiger partial charge in [0.05, 0.1) is 0 Å². The molecular formula is H5AuNO4P. The van der Waals surface area contributed by atoms with Crippen molar-refractivity contribution in [2.24, 2.45) is 0 Å². The van der Waals surface area contributed by atoms with Gasteiger partial charge >= 0.3 is 46.7 Å². The van der Waals surface area contributed by atoms with Gasteiger partial charge in [0, 0.05) is 0 Å². The third-order valence-electron chi connectivity index (χ3n) is 0.0717. The van der Waals surface area contributed by atoms with Crippen LogP contribution in [0.15, 0.2) is 0 Å². The van der Waals surface area contributed by atoms with Gasteiger partial charge in [0.1, 0.15) is 0 Å². The van der Waals surface area contributed by atoms with Gasteiger partial charge in [-0.05, 0) is 0 Å². The van der Waals surface area contributed by atoms with E-state index in [1.54, 1.807) is 0 Å². The van der Waals surface area contributed by atoms with Crippen LogP contribution in [-0.2, 0) is 29.1 Å². The van der Waals surface area contributed by atoms with Crippen molar-refractivity contribution in [2.75, 3.05) is 0 Å². The summed E-state index contributed by atoms with van der Waals surface area (Å²) in [7, 11) is -4.17. The van der Waals surface area contributed by atoms with Gasteiger partial charge in [-0.2, -0.15) is 0 Å². The summed E-state index contributed by atoms with van der Waals surface area (Å²) >= 11 is 1.29. The molecular weight excluding hydrogens is 306 g/mol. The van der Waals surface area contributed by atoms with E-state index < -0.39 is 7.82 Å². The Morgan fingerprint density at radius 1 is 1.57 bits per heavy atom. The first-order chi connectivity index (χ1) is 2.56. The summed E-state index contributed by atoms with van der Waals surface area (Å²) in [6, 6.07) is 0. The molecule has 0 amide bonds. The van der Waals surface area contributed by atoms with E-state index in [0.29, 0.717) is 0 Å². The van der Waals surface area contributed by atoms with Crippen LogP contribution in [-0.4, -0.2) is 9.79 Å². The van der Waals surface area contributed by atoms with Gasteiger partial charge < -0.3 is 6.15 Å². The molecule has 0 radical (unpaired) electrons. The molecule has 0 rings (SSSR count). The summed E-state index contributed by atoms with van der Waals surface area (Å²) in [5, 5.41) is 0. The van der Waals surface area contributed by atoms with Crippen molar-refractivity contribution in [1.82, 2.24) is 6.15 Å². The predicted octanol–water partition coefficient (Wildman–Crippen LogP) is -0.281. The van der Waals surface area contributed by atoms with E-state index in [1.807, 2.05) is 0 Å². The van der Waals surface area contributed by atoms with Crippen molar-refractivity contribution in [3.05, 3.63) is 0 Å². The Morgan fingerprint density at radius 2 is 1.71 bits per heavy atom. The second-order valence-electron chi connectivity index (χ2n) is 0.546. The molecule has 0 bridgehead atoms. The van der Waals surface area contributed by atoms with E-state index in [2.05, 4.69) is 3.03 Å². The Kier molecular flexibility index (Phi) is 5.78. The van der Waals surface area contributed by atoms with Crippen molar-refractivity contribution < 1.29 is 38.8 Å². The zero-order chi connectivity index (χ0) is 5.21. The van der Waals surface area contributed by atoms with Crippen LogP contribution in [0, 0.1) is 0 Å². The van der Waals surface area contributed by atoms with Crippen molar-refractivity contribution in [2.45, 2.75) is 0 Å². The first kappa shape index (κ1) is 10.7. The molecule has 7 heteroatoms. The number of hydrogen-bond acceptors (Lipinski definition) is 3. The molecule has 7 heavy (non-hydrogen) atoms. The summed E-state index contributed by atoms with van der Waals surface area (Å²) in [4.78, 5) is 15.4. The van der Waals surface area contributed by atoms with E-state index in [9.17, 15) is 4.57 Å². The third-order valence-corrected chi connectivity index (χ3v) is 1.76. The van der Waals surface area contributed by atoms with Crippen LogP contribution in [0.5, 0.6) is 0 Å². The maximum absolute atomic E-state index is 9.46. The Hall–Kier alpha value is 0.810. The third kappa shape index (κ3) is 10.9. The molecule has 0 aromatic heterocycles. The summed E-state index contributed by atoms with van der Waals surface area (Å²) < 4.78 is 13.0.